The molecule has 156 valence electrons. The third-order valence-corrected chi connectivity index (χ3v) is 6.48. The molecule has 7 nitrogen and oxygen atoms in total. The molecule has 0 atom stereocenters. The molecule has 0 N–H and O–H groups in total. The van der Waals surface area contributed by atoms with Crippen molar-refractivity contribution in [1.82, 2.24) is 19.7 Å². The molecule has 0 radical (unpaired) electrons. The predicted octanol–water partition coefficient (Wildman–Crippen LogP) is 4.76. The molecule has 4 rings (SSSR count). The van der Waals surface area contributed by atoms with E-state index in [1.807, 2.05) is 24.3 Å². The van der Waals surface area contributed by atoms with Crippen LogP contribution in [0.1, 0.15) is 36.2 Å². The lowest BCUT2D eigenvalue weighted by Crippen LogP contribution is -2.30. The van der Waals surface area contributed by atoms with Crippen molar-refractivity contribution >= 4 is 17.4 Å². The lowest BCUT2D eigenvalue weighted by molar-refractivity contribution is -0.385. The molecule has 0 spiro atoms. The van der Waals surface area contributed by atoms with Gasteiger partial charge in [-0.2, -0.15) is 0 Å². The number of nitrogens with zero attached hydrogens (tertiary/aromatic N) is 5. The number of nitro groups is 1. The van der Waals surface area contributed by atoms with Crippen LogP contribution in [0.15, 0.2) is 53.7 Å². The van der Waals surface area contributed by atoms with Crippen molar-refractivity contribution in [2.24, 2.45) is 0 Å². The Labute approximate surface area is 180 Å². The molecule has 0 amide bonds. The van der Waals surface area contributed by atoms with E-state index in [0.29, 0.717) is 11.3 Å². The normalized spacial score (nSPS) is 14.7. The van der Waals surface area contributed by atoms with Gasteiger partial charge in [0.2, 0.25) is 0 Å². The molecule has 2 heterocycles. The summed E-state index contributed by atoms with van der Waals surface area (Å²) in [5, 5.41) is 21.0. The van der Waals surface area contributed by atoms with E-state index in [2.05, 4.69) is 31.8 Å². The van der Waals surface area contributed by atoms with Gasteiger partial charge in [0.1, 0.15) is 0 Å². The van der Waals surface area contributed by atoms with E-state index in [9.17, 15) is 10.1 Å². The Balaban J connectivity index is 1.60. The van der Waals surface area contributed by atoms with Gasteiger partial charge >= 0.3 is 0 Å². The van der Waals surface area contributed by atoms with Gasteiger partial charge < -0.3 is 0 Å². The van der Waals surface area contributed by atoms with Crippen LogP contribution in [0.4, 0.5) is 5.69 Å². The quantitative estimate of drug-likeness (QED) is 0.310. The van der Waals surface area contributed by atoms with E-state index >= 15 is 0 Å². The van der Waals surface area contributed by atoms with Gasteiger partial charge in [0.25, 0.3) is 5.69 Å². The van der Waals surface area contributed by atoms with Crippen molar-refractivity contribution in [3.8, 4) is 5.69 Å². The van der Waals surface area contributed by atoms with E-state index in [0.717, 1.165) is 41.9 Å². The van der Waals surface area contributed by atoms with E-state index < -0.39 is 0 Å². The highest BCUT2D eigenvalue weighted by molar-refractivity contribution is 7.98. The van der Waals surface area contributed by atoms with E-state index in [4.69, 9.17) is 0 Å². The number of aromatic nitrogens is 3. The molecule has 1 aliphatic rings. The molecule has 1 aliphatic heterocycles. The van der Waals surface area contributed by atoms with Gasteiger partial charge in [-0.3, -0.25) is 19.6 Å². The van der Waals surface area contributed by atoms with Gasteiger partial charge in [0, 0.05) is 23.1 Å². The monoisotopic (exact) mass is 423 g/mol. The number of benzene rings is 2. The molecule has 2 aromatic carbocycles. The second-order valence-corrected chi connectivity index (χ2v) is 8.46. The van der Waals surface area contributed by atoms with E-state index in [-0.39, 0.29) is 10.6 Å². The largest absolute Gasteiger partial charge is 0.296 e. The summed E-state index contributed by atoms with van der Waals surface area (Å²) in [6, 6.07) is 15.4. The van der Waals surface area contributed by atoms with E-state index in [1.54, 1.807) is 30.8 Å². The fourth-order valence-corrected chi connectivity index (χ4v) is 4.85. The van der Waals surface area contributed by atoms with Crippen molar-refractivity contribution in [2.45, 2.75) is 43.6 Å². The Bertz CT molecular complexity index is 1020. The van der Waals surface area contributed by atoms with Crippen molar-refractivity contribution < 1.29 is 4.92 Å². The molecule has 8 heteroatoms. The van der Waals surface area contributed by atoms with Crippen molar-refractivity contribution in [1.29, 1.82) is 0 Å². The molecular formula is C22H25N5O2S. The minimum Gasteiger partial charge on any atom is -0.296 e. The summed E-state index contributed by atoms with van der Waals surface area (Å²) in [7, 11) is 0. The van der Waals surface area contributed by atoms with Crippen molar-refractivity contribution in [3.63, 3.8) is 0 Å². The smallest absolute Gasteiger partial charge is 0.272 e. The number of nitro benzene ring substituents is 1. The zero-order valence-electron chi connectivity index (χ0n) is 17.0. The summed E-state index contributed by atoms with van der Waals surface area (Å²) in [6.07, 6.45) is 3.76. The Hall–Kier alpha value is -2.71. The van der Waals surface area contributed by atoms with Crippen molar-refractivity contribution in [3.05, 3.63) is 75.6 Å². The van der Waals surface area contributed by atoms with Crippen LogP contribution in [0, 0.1) is 17.0 Å². The SMILES string of the molecule is Cc1c(CSc2nnc(CN3CCCCC3)n2-c2ccccc2)cccc1[N+](=O)[O-]. The standard InChI is InChI=1S/C22H25N5O2S/c1-17-18(9-8-12-20(17)27(28)29)16-30-22-24-23-21(15-25-13-6-3-7-14-25)26(22)19-10-4-2-5-11-19/h2,4-5,8-12H,3,6-7,13-16H2,1H3. The number of rotatable bonds is 7. The summed E-state index contributed by atoms with van der Waals surface area (Å²) in [6.45, 7) is 4.77. The van der Waals surface area contributed by atoms with Crippen LogP contribution in [0.2, 0.25) is 0 Å². The van der Waals surface area contributed by atoms with Gasteiger partial charge in [-0.25, -0.2) is 0 Å². The fraction of sp³-hybridized carbons (Fsp3) is 0.364. The molecule has 1 aromatic heterocycles. The first-order chi connectivity index (χ1) is 14.6. The summed E-state index contributed by atoms with van der Waals surface area (Å²) < 4.78 is 2.12. The number of likely N-dealkylation sites (tertiary alicyclic amines) is 1. The first-order valence-electron chi connectivity index (χ1n) is 10.2. The predicted molar refractivity (Wildman–Crippen MR) is 118 cm³/mol. The van der Waals surface area contributed by atoms with Crippen LogP contribution >= 0.6 is 11.8 Å². The molecule has 0 unspecified atom stereocenters. The summed E-state index contributed by atoms with van der Waals surface area (Å²) in [4.78, 5) is 13.4. The number of para-hydroxylation sites is 1. The highest BCUT2D eigenvalue weighted by Gasteiger charge is 2.20. The minimum absolute atomic E-state index is 0.156. The molecule has 30 heavy (non-hydrogen) atoms. The first kappa shape index (κ1) is 20.6. The Morgan fingerprint density at radius 3 is 2.53 bits per heavy atom. The molecular weight excluding hydrogens is 398 g/mol. The van der Waals surface area contributed by atoms with Crippen LogP contribution < -0.4 is 0 Å². The van der Waals surface area contributed by atoms with Gasteiger partial charge in [-0.05, 0) is 50.6 Å². The average molecular weight is 424 g/mol. The van der Waals surface area contributed by atoms with Crippen LogP contribution in [-0.2, 0) is 12.3 Å². The Morgan fingerprint density at radius 2 is 1.80 bits per heavy atom. The maximum absolute atomic E-state index is 11.2. The third kappa shape index (κ3) is 4.55. The molecule has 1 fully saturated rings. The maximum Gasteiger partial charge on any atom is 0.272 e. The molecule has 3 aromatic rings. The minimum atomic E-state index is -0.327. The highest BCUT2D eigenvalue weighted by Crippen LogP contribution is 2.29. The molecule has 0 saturated carbocycles. The van der Waals surface area contributed by atoms with Gasteiger partial charge in [-0.15, -0.1) is 10.2 Å². The number of thioether (sulfide) groups is 1. The number of hydrogen-bond donors (Lipinski definition) is 0. The second kappa shape index (κ2) is 9.40. The number of hydrogen-bond acceptors (Lipinski definition) is 6. The maximum atomic E-state index is 11.2. The highest BCUT2D eigenvalue weighted by atomic mass is 32.2. The topological polar surface area (TPSA) is 77.1 Å². The zero-order chi connectivity index (χ0) is 20.9. The van der Waals surface area contributed by atoms with Gasteiger partial charge in [0.05, 0.1) is 11.5 Å². The van der Waals surface area contributed by atoms with Gasteiger partial charge in [0.15, 0.2) is 11.0 Å². The summed E-state index contributed by atoms with van der Waals surface area (Å²) in [5.41, 5.74) is 2.83. The fourth-order valence-electron chi connectivity index (χ4n) is 3.82. The second-order valence-electron chi connectivity index (χ2n) is 7.51. The Kier molecular flexibility index (Phi) is 6.44. The van der Waals surface area contributed by atoms with Gasteiger partial charge in [-0.1, -0.05) is 48.5 Å². The van der Waals surface area contributed by atoms with Crippen molar-refractivity contribution in [2.75, 3.05) is 13.1 Å². The zero-order valence-corrected chi connectivity index (χ0v) is 17.8. The molecule has 1 saturated heterocycles. The van der Waals surface area contributed by atoms with Crippen LogP contribution in [0.3, 0.4) is 0 Å². The molecule has 0 bridgehead atoms. The van der Waals surface area contributed by atoms with Crippen LogP contribution in [0.25, 0.3) is 5.69 Å². The average Bonchev–Trinajstić information content (AvgIpc) is 3.16. The lowest BCUT2D eigenvalue weighted by atomic mass is 10.1. The van der Waals surface area contributed by atoms with E-state index in [1.165, 1.54) is 19.3 Å². The third-order valence-electron chi connectivity index (χ3n) is 5.50. The Morgan fingerprint density at radius 1 is 1.03 bits per heavy atom. The molecule has 0 aliphatic carbocycles. The summed E-state index contributed by atoms with van der Waals surface area (Å²) >= 11 is 1.56. The summed E-state index contributed by atoms with van der Waals surface area (Å²) in [5.74, 6) is 1.53. The first-order valence-corrected chi connectivity index (χ1v) is 11.2. The lowest BCUT2D eigenvalue weighted by Gasteiger charge is -2.26. The van der Waals surface area contributed by atoms with Crippen LogP contribution in [-0.4, -0.2) is 37.7 Å². The number of piperidine rings is 1. The van der Waals surface area contributed by atoms with Crippen LogP contribution in [0.5, 0.6) is 0 Å².